The molecule has 1 heterocycles. The van der Waals surface area contributed by atoms with Gasteiger partial charge >= 0.3 is 6.03 Å². The van der Waals surface area contributed by atoms with Crippen LogP contribution >= 0.6 is 0 Å². The maximum absolute atomic E-state index is 12.5. The number of carbonyl (C=O) groups is 1. The van der Waals surface area contributed by atoms with Crippen LogP contribution in [0.15, 0.2) is 36.4 Å². The molecule has 31 heavy (non-hydrogen) atoms. The Morgan fingerprint density at radius 3 is 2.32 bits per heavy atom. The molecule has 1 aliphatic rings. The van der Waals surface area contributed by atoms with Gasteiger partial charge in [-0.2, -0.15) is 0 Å². The predicted octanol–water partition coefficient (Wildman–Crippen LogP) is 4.21. The first-order chi connectivity index (χ1) is 14.8. The predicted molar refractivity (Wildman–Crippen MR) is 124 cm³/mol. The minimum absolute atomic E-state index is 0.0165. The molecule has 6 nitrogen and oxygen atoms in total. The number of carbonyl (C=O) groups excluding carboxylic acids is 1. The molecular formula is C25H35N3O3. The van der Waals surface area contributed by atoms with E-state index in [9.17, 15) is 4.79 Å². The van der Waals surface area contributed by atoms with Gasteiger partial charge in [0.05, 0.1) is 20.3 Å². The van der Waals surface area contributed by atoms with Gasteiger partial charge in [0.25, 0.3) is 0 Å². The lowest BCUT2D eigenvalue weighted by Gasteiger charge is -2.41. The molecule has 0 unspecified atom stereocenters. The summed E-state index contributed by atoms with van der Waals surface area (Å²) in [6, 6.07) is 12.7. The first-order valence-corrected chi connectivity index (χ1v) is 10.9. The molecule has 168 valence electrons. The summed E-state index contributed by atoms with van der Waals surface area (Å²) in [5, 5.41) is 6.08. The summed E-state index contributed by atoms with van der Waals surface area (Å²) in [6.07, 6.45) is 0.920. The van der Waals surface area contributed by atoms with Crippen molar-refractivity contribution in [1.82, 2.24) is 15.5 Å². The van der Waals surface area contributed by atoms with E-state index in [1.54, 1.807) is 14.2 Å². The highest BCUT2D eigenvalue weighted by Gasteiger charge is 2.33. The topological polar surface area (TPSA) is 62.8 Å². The van der Waals surface area contributed by atoms with Crippen LogP contribution in [0, 0.1) is 6.92 Å². The standard InChI is InChI=1S/C25H35N3O3/c1-16(2)26-25(29)27-18(4)24-21-14-23(31-6)22(30-5)13-20(21)11-12-28(24)15-19-9-7-17(3)8-10-19/h7-10,13-14,16,18,24H,11-12,15H2,1-6H3,(H2,26,27,29)/t18-,24+/m1/s1. The Kier molecular flexibility index (Phi) is 7.44. The highest BCUT2D eigenvalue weighted by atomic mass is 16.5. The second-order valence-corrected chi connectivity index (χ2v) is 8.62. The Bertz CT molecular complexity index is 896. The average Bonchev–Trinajstić information content (AvgIpc) is 2.73. The van der Waals surface area contributed by atoms with E-state index in [2.05, 4.69) is 65.8 Å². The fraction of sp³-hybridized carbons (Fsp3) is 0.480. The summed E-state index contributed by atoms with van der Waals surface area (Å²) < 4.78 is 11.1. The third-order valence-electron chi connectivity index (χ3n) is 5.78. The SMILES string of the molecule is COc1cc2c(cc1OC)[C@H]([C@@H](C)NC(=O)NC(C)C)N(Cc1ccc(C)cc1)CC2. The Morgan fingerprint density at radius 2 is 1.71 bits per heavy atom. The van der Waals surface area contributed by atoms with Gasteiger partial charge in [-0.15, -0.1) is 0 Å². The number of methoxy groups -OCH3 is 2. The van der Waals surface area contributed by atoms with E-state index in [-0.39, 0.29) is 24.2 Å². The van der Waals surface area contributed by atoms with Gasteiger partial charge in [0, 0.05) is 25.2 Å². The third kappa shape index (κ3) is 5.50. The van der Waals surface area contributed by atoms with E-state index >= 15 is 0 Å². The highest BCUT2D eigenvalue weighted by molar-refractivity contribution is 5.74. The molecule has 2 aromatic carbocycles. The van der Waals surface area contributed by atoms with Gasteiger partial charge in [0.15, 0.2) is 11.5 Å². The van der Waals surface area contributed by atoms with Crippen LogP contribution in [-0.4, -0.2) is 43.8 Å². The molecule has 1 aliphatic heterocycles. The molecule has 2 N–H and O–H groups in total. The molecule has 0 aliphatic carbocycles. The molecule has 3 rings (SSSR count). The zero-order valence-corrected chi connectivity index (χ0v) is 19.5. The van der Waals surface area contributed by atoms with Crippen molar-refractivity contribution in [3.05, 3.63) is 58.7 Å². The van der Waals surface area contributed by atoms with Crippen LogP contribution in [0.1, 0.15) is 49.1 Å². The van der Waals surface area contributed by atoms with Crippen LogP contribution in [0.2, 0.25) is 0 Å². The molecule has 0 bridgehead atoms. The molecule has 0 saturated carbocycles. The number of nitrogens with zero attached hydrogens (tertiary/aromatic N) is 1. The number of fused-ring (bicyclic) bond motifs is 1. The van der Waals surface area contributed by atoms with E-state index in [1.807, 2.05) is 13.8 Å². The smallest absolute Gasteiger partial charge is 0.315 e. The summed E-state index contributed by atoms with van der Waals surface area (Å²) in [5.74, 6) is 1.45. The quantitative estimate of drug-likeness (QED) is 0.698. The first-order valence-electron chi connectivity index (χ1n) is 10.9. The first kappa shape index (κ1) is 22.9. The minimum Gasteiger partial charge on any atom is -0.493 e. The van der Waals surface area contributed by atoms with Gasteiger partial charge in [-0.05, 0) is 62.9 Å². The second-order valence-electron chi connectivity index (χ2n) is 8.62. The van der Waals surface area contributed by atoms with Crippen LogP contribution in [-0.2, 0) is 13.0 Å². The number of ether oxygens (including phenoxy) is 2. The normalized spacial score (nSPS) is 17.1. The Balaban J connectivity index is 1.95. The van der Waals surface area contributed by atoms with Crippen molar-refractivity contribution in [3.63, 3.8) is 0 Å². The van der Waals surface area contributed by atoms with E-state index < -0.39 is 0 Å². The molecular weight excluding hydrogens is 390 g/mol. The second kappa shape index (κ2) is 10.1. The van der Waals surface area contributed by atoms with E-state index in [0.29, 0.717) is 5.75 Å². The minimum atomic E-state index is -0.148. The maximum Gasteiger partial charge on any atom is 0.315 e. The summed E-state index contributed by atoms with van der Waals surface area (Å²) >= 11 is 0. The molecule has 0 fully saturated rings. The third-order valence-corrected chi connectivity index (χ3v) is 5.78. The van der Waals surface area contributed by atoms with Crippen LogP contribution in [0.25, 0.3) is 0 Å². The lowest BCUT2D eigenvalue weighted by atomic mass is 9.87. The lowest BCUT2D eigenvalue weighted by molar-refractivity contribution is 0.143. The molecule has 2 amide bonds. The number of aryl methyl sites for hydroxylation is 1. The summed E-state index contributed by atoms with van der Waals surface area (Å²) in [6.45, 7) is 9.80. The monoisotopic (exact) mass is 425 g/mol. The summed E-state index contributed by atoms with van der Waals surface area (Å²) in [5.41, 5.74) is 4.92. The van der Waals surface area contributed by atoms with Crippen molar-refractivity contribution >= 4 is 6.03 Å². The largest absolute Gasteiger partial charge is 0.493 e. The van der Waals surface area contributed by atoms with Crippen molar-refractivity contribution in [2.24, 2.45) is 0 Å². The molecule has 6 heteroatoms. The van der Waals surface area contributed by atoms with Crippen molar-refractivity contribution in [1.29, 1.82) is 0 Å². The molecule has 2 atom stereocenters. The van der Waals surface area contributed by atoms with Crippen molar-refractivity contribution < 1.29 is 14.3 Å². The van der Waals surface area contributed by atoms with Crippen molar-refractivity contribution in [2.75, 3.05) is 20.8 Å². The number of urea groups is 1. The molecule has 2 aromatic rings. The molecule has 0 saturated heterocycles. The Labute approximate surface area is 185 Å². The maximum atomic E-state index is 12.5. The number of hydrogen-bond donors (Lipinski definition) is 2. The van der Waals surface area contributed by atoms with Crippen LogP contribution in [0.3, 0.4) is 0 Å². The molecule has 0 radical (unpaired) electrons. The van der Waals surface area contributed by atoms with Gasteiger partial charge in [-0.1, -0.05) is 29.8 Å². The molecule has 0 spiro atoms. The Hall–Kier alpha value is -2.73. The summed E-state index contributed by atoms with van der Waals surface area (Å²) in [7, 11) is 3.32. The van der Waals surface area contributed by atoms with E-state index in [4.69, 9.17) is 9.47 Å². The molecule has 0 aromatic heterocycles. The van der Waals surface area contributed by atoms with E-state index in [1.165, 1.54) is 22.3 Å². The number of hydrogen-bond acceptors (Lipinski definition) is 4. The van der Waals surface area contributed by atoms with Gasteiger partial charge < -0.3 is 20.1 Å². The lowest BCUT2D eigenvalue weighted by Crippen LogP contribution is -2.50. The number of nitrogens with one attached hydrogen (secondary N) is 2. The van der Waals surface area contributed by atoms with Gasteiger partial charge in [0.2, 0.25) is 0 Å². The van der Waals surface area contributed by atoms with Gasteiger partial charge in [0.1, 0.15) is 0 Å². The zero-order valence-electron chi connectivity index (χ0n) is 19.5. The fourth-order valence-electron chi connectivity index (χ4n) is 4.31. The summed E-state index contributed by atoms with van der Waals surface area (Å²) in [4.78, 5) is 14.9. The van der Waals surface area contributed by atoms with Crippen molar-refractivity contribution in [3.8, 4) is 11.5 Å². The zero-order chi connectivity index (χ0) is 22.5. The number of rotatable bonds is 7. The van der Waals surface area contributed by atoms with Crippen molar-refractivity contribution in [2.45, 2.75) is 58.8 Å². The van der Waals surface area contributed by atoms with E-state index in [0.717, 1.165) is 25.3 Å². The van der Waals surface area contributed by atoms with Crippen LogP contribution in [0.5, 0.6) is 11.5 Å². The fourth-order valence-corrected chi connectivity index (χ4v) is 4.31. The Morgan fingerprint density at radius 1 is 1.06 bits per heavy atom. The van der Waals surface area contributed by atoms with Crippen LogP contribution < -0.4 is 20.1 Å². The van der Waals surface area contributed by atoms with Crippen LogP contribution in [0.4, 0.5) is 4.79 Å². The highest BCUT2D eigenvalue weighted by Crippen LogP contribution is 2.40. The van der Waals surface area contributed by atoms with Gasteiger partial charge in [-0.3, -0.25) is 4.90 Å². The van der Waals surface area contributed by atoms with Gasteiger partial charge in [-0.25, -0.2) is 4.79 Å². The number of amides is 2. The number of benzene rings is 2. The average molecular weight is 426 g/mol.